The van der Waals surface area contributed by atoms with Crippen LogP contribution in [0.25, 0.3) is 0 Å². The summed E-state index contributed by atoms with van der Waals surface area (Å²) in [5.74, 6) is 0. The lowest BCUT2D eigenvalue weighted by Crippen LogP contribution is -2.36. The number of nitrogens with zero attached hydrogens (tertiary/aromatic N) is 1. The highest BCUT2D eigenvalue weighted by Gasteiger charge is 2.17. The molecule has 1 aromatic carbocycles. The highest BCUT2D eigenvalue weighted by atomic mass is 15.1. The van der Waals surface area contributed by atoms with E-state index in [4.69, 9.17) is 0 Å². The SMILES string of the molecule is Cc1cccc(C)c1NCCN(C)C1CCCCC1. The van der Waals surface area contributed by atoms with Crippen molar-refractivity contribution < 1.29 is 0 Å². The predicted octanol–water partition coefficient (Wildman–Crippen LogP) is 3.98. The maximum Gasteiger partial charge on any atom is 0.0400 e. The lowest BCUT2D eigenvalue weighted by atomic mass is 9.94. The predicted molar refractivity (Wildman–Crippen MR) is 83.9 cm³/mol. The van der Waals surface area contributed by atoms with Crippen LogP contribution < -0.4 is 5.32 Å². The molecule has 0 spiro atoms. The van der Waals surface area contributed by atoms with Gasteiger partial charge in [0.05, 0.1) is 0 Å². The molecule has 106 valence electrons. The number of hydrogen-bond donors (Lipinski definition) is 1. The summed E-state index contributed by atoms with van der Waals surface area (Å²) in [7, 11) is 2.28. The Morgan fingerprint density at radius 3 is 2.37 bits per heavy atom. The Kier molecular flexibility index (Phi) is 5.26. The summed E-state index contributed by atoms with van der Waals surface area (Å²) in [5, 5.41) is 3.61. The smallest absolute Gasteiger partial charge is 0.0400 e. The molecule has 19 heavy (non-hydrogen) atoms. The molecule has 0 amide bonds. The molecular weight excluding hydrogens is 232 g/mol. The van der Waals surface area contributed by atoms with E-state index in [0.717, 1.165) is 19.1 Å². The molecule has 1 aliphatic rings. The van der Waals surface area contributed by atoms with E-state index in [9.17, 15) is 0 Å². The first-order valence-corrected chi connectivity index (χ1v) is 7.69. The second kappa shape index (κ2) is 6.95. The molecule has 0 atom stereocenters. The van der Waals surface area contributed by atoms with Gasteiger partial charge in [0, 0.05) is 24.8 Å². The lowest BCUT2D eigenvalue weighted by molar-refractivity contribution is 0.198. The van der Waals surface area contributed by atoms with E-state index in [2.05, 4.69) is 49.3 Å². The highest BCUT2D eigenvalue weighted by molar-refractivity contribution is 5.56. The van der Waals surface area contributed by atoms with E-state index in [-0.39, 0.29) is 0 Å². The highest BCUT2D eigenvalue weighted by Crippen LogP contribution is 2.22. The van der Waals surface area contributed by atoms with Crippen LogP contribution in [-0.2, 0) is 0 Å². The zero-order chi connectivity index (χ0) is 13.7. The summed E-state index contributed by atoms with van der Waals surface area (Å²) < 4.78 is 0. The van der Waals surface area contributed by atoms with Gasteiger partial charge in [-0.15, -0.1) is 0 Å². The maximum atomic E-state index is 3.61. The molecule has 2 rings (SSSR count). The zero-order valence-electron chi connectivity index (χ0n) is 12.7. The number of likely N-dealkylation sites (N-methyl/N-ethyl adjacent to an activating group) is 1. The third kappa shape index (κ3) is 3.97. The Morgan fingerprint density at radius 2 is 1.74 bits per heavy atom. The second-order valence-corrected chi connectivity index (χ2v) is 5.97. The molecule has 2 heteroatoms. The minimum atomic E-state index is 0.813. The molecule has 0 heterocycles. The Morgan fingerprint density at radius 1 is 1.11 bits per heavy atom. The van der Waals surface area contributed by atoms with Gasteiger partial charge in [-0.3, -0.25) is 0 Å². The van der Waals surface area contributed by atoms with Crippen molar-refractivity contribution in [2.75, 3.05) is 25.5 Å². The van der Waals surface area contributed by atoms with Crippen molar-refractivity contribution in [3.05, 3.63) is 29.3 Å². The Hall–Kier alpha value is -1.02. The van der Waals surface area contributed by atoms with Crippen LogP contribution in [-0.4, -0.2) is 31.1 Å². The Labute approximate surface area is 118 Å². The molecule has 2 nitrogen and oxygen atoms in total. The van der Waals surface area contributed by atoms with Gasteiger partial charge in [-0.05, 0) is 44.9 Å². The van der Waals surface area contributed by atoms with Gasteiger partial charge < -0.3 is 10.2 Å². The lowest BCUT2D eigenvalue weighted by Gasteiger charge is -2.31. The standard InChI is InChI=1S/C17H28N2/c1-14-8-7-9-15(2)17(14)18-12-13-19(3)16-10-5-4-6-11-16/h7-9,16,18H,4-6,10-13H2,1-3H3. The van der Waals surface area contributed by atoms with Crippen molar-refractivity contribution in [3.8, 4) is 0 Å². The average Bonchev–Trinajstić information content (AvgIpc) is 2.43. The molecule has 0 radical (unpaired) electrons. The molecule has 1 saturated carbocycles. The third-order valence-corrected chi connectivity index (χ3v) is 4.45. The van der Waals surface area contributed by atoms with Crippen LogP contribution in [0.1, 0.15) is 43.2 Å². The molecule has 0 bridgehead atoms. The Bertz CT molecular complexity index is 374. The molecular formula is C17H28N2. The van der Waals surface area contributed by atoms with Crippen molar-refractivity contribution in [1.29, 1.82) is 0 Å². The molecule has 0 aromatic heterocycles. The van der Waals surface area contributed by atoms with Gasteiger partial charge in [-0.25, -0.2) is 0 Å². The fourth-order valence-corrected chi connectivity index (χ4v) is 3.15. The van der Waals surface area contributed by atoms with Crippen molar-refractivity contribution in [1.82, 2.24) is 4.90 Å². The van der Waals surface area contributed by atoms with E-state index in [1.807, 2.05) is 0 Å². The number of nitrogens with one attached hydrogen (secondary N) is 1. The first kappa shape index (κ1) is 14.4. The maximum absolute atomic E-state index is 3.61. The number of rotatable bonds is 5. The molecule has 1 fully saturated rings. The van der Waals surface area contributed by atoms with E-state index in [1.165, 1.54) is 48.9 Å². The van der Waals surface area contributed by atoms with E-state index >= 15 is 0 Å². The van der Waals surface area contributed by atoms with Gasteiger partial charge in [0.2, 0.25) is 0 Å². The van der Waals surface area contributed by atoms with E-state index < -0.39 is 0 Å². The third-order valence-electron chi connectivity index (χ3n) is 4.45. The average molecular weight is 260 g/mol. The van der Waals surface area contributed by atoms with Crippen LogP contribution >= 0.6 is 0 Å². The normalized spacial score (nSPS) is 16.8. The van der Waals surface area contributed by atoms with Crippen molar-refractivity contribution >= 4 is 5.69 Å². The molecule has 1 aromatic rings. The quantitative estimate of drug-likeness (QED) is 0.861. The number of aryl methyl sites for hydroxylation is 2. The van der Waals surface area contributed by atoms with Crippen LogP contribution in [0.5, 0.6) is 0 Å². The van der Waals surface area contributed by atoms with Crippen LogP contribution in [0, 0.1) is 13.8 Å². The number of hydrogen-bond acceptors (Lipinski definition) is 2. The number of benzene rings is 1. The van der Waals surface area contributed by atoms with Crippen LogP contribution in [0.15, 0.2) is 18.2 Å². The van der Waals surface area contributed by atoms with E-state index in [1.54, 1.807) is 0 Å². The largest absolute Gasteiger partial charge is 0.383 e. The number of anilines is 1. The summed E-state index contributed by atoms with van der Waals surface area (Å²) in [6.07, 6.45) is 7.05. The van der Waals surface area contributed by atoms with Crippen molar-refractivity contribution in [3.63, 3.8) is 0 Å². The zero-order valence-corrected chi connectivity index (χ0v) is 12.7. The molecule has 0 aliphatic heterocycles. The van der Waals surface area contributed by atoms with Crippen molar-refractivity contribution in [2.24, 2.45) is 0 Å². The van der Waals surface area contributed by atoms with Crippen LogP contribution in [0.3, 0.4) is 0 Å². The van der Waals surface area contributed by atoms with Gasteiger partial charge in [-0.2, -0.15) is 0 Å². The first-order chi connectivity index (χ1) is 9.18. The summed E-state index contributed by atoms with van der Waals surface area (Å²) >= 11 is 0. The van der Waals surface area contributed by atoms with Gasteiger partial charge >= 0.3 is 0 Å². The van der Waals surface area contributed by atoms with Crippen molar-refractivity contribution in [2.45, 2.75) is 52.0 Å². The minimum absolute atomic E-state index is 0.813. The van der Waals surface area contributed by atoms with Gasteiger partial charge in [-0.1, -0.05) is 37.5 Å². The second-order valence-electron chi connectivity index (χ2n) is 5.97. The fourth-order valence-electron chi connectivity index (χ4n) is 3.15. The Balaban J connectivity index is 1.79. The molecule has 1 aliphatic carbocycles. The summed E-state index contributed by atoms with van der Waals surface area (Å²) in [6.45, 7) is 6.54. The summed E-state index contributed by atoms with van der Waals surface area (Å²) in [5.41, 5.74) is 4.01. The fraction of sp³-hybridized carbons (Fsp3) is 0.647. The number of para-hydroxylation sites is 1. The summed E-state index contributed by atoms with van der Waals surface area (Å²) in [6, 6.07) is 7.30. The monoisotopic (exact) mass is 260 g/mol. The van der Waals surface area contributed by atoms with Crippen LogP contribution in [0.4, 0.5) is 5.69 Å². The van der Waals surface area contributed by atoms with Gasteiger partial charge in [0.1, 0.15) is 0 Å². The molecule has 0 saturated heterocycles. The first-order valence-electron chi connectivity index (χ1n) is 7.69. The van der Waals surface area contributed by atoms with Gasteiger partial charge in [0.15, 0.2) is 0 Å². The molecule has 1 N–H and O–H groups in total. The topological polar surface area (TPSA) is 15.3 Å². The minimum Gasteiger partial charge on any atom is -0.383 e. The van der Waals surface area contributed by atoms with Crippen LogP contribution in [0.2, 0.25) is 0 Å². The van der Waals surface area contributed by atoms with E-state index in [0.29, 0.717) is 0 Å². The van der Waals surface area contributed by atoms with Gasteiger partial charge in [0.25, 0.3) is 0 Å². The summed E-state index contributed by atoms with van der Waals surface area (Å²) in [4.78, 5) is 2.54. The molecule has 0 unspecified atom stereocenters.